The number of thioether (sulfide) groups is 1. The van der Waals surface area contributed by atoms with E-state index in [2.05, 4.69) is 5.32 Å². The maximum atomic E-state index is 12.5. The van der Waals surface area contributed by atoms with Crippen molar-refractivity contribution in [2.75, 3.05) is 19.4 Å². The van der Waals surface area contributed by atoms with Crippen LogP contribution >= 0.6 is 35.0 Å². The Morgan fingerprint density at radius 3 is 2.50 bits per heavy atom. The van der Waals surface area contributed by atoms with Gasteiger partial charge in [0, 0.05) is 24.0 Å². The van der Waals surface area contributed by atoms with Crippen LogP contribution in [0.5, 0.6) is 5.75 Å². The fourth-order valence-electron chi connectivity index (χ4n) is 1.89. The molecule has 0 bridgehead atoms. The lowest BCUT2D eigenvalue weighted by Crippen LogP contribution is -2.30. The Bertz CT molecular complexity index is 815. The molecule has 0 spiro atoms. The number of amides is 2. The van der Waals surface area contributed by atoms with Crippen molar-refractivity contribution in [2.45, 2.75) is 17.9 Å². The van der Waals surface area contributed by atoms with E-state index in [4.69, 9.17) is 27.9 Å². The fraction of sp³-hybridized carbons (Fsp3) is 0.222. The maximum absolute atomic E-state index is 12.5. The molecule has 0 aliphatic rings. The predicted molar refractivity (Wildman–Crippen MR) is 107 cm³/mol. The average Bonchev–Trinajstić information content (AvgIpc) is 2.58. The summed E-state index contributed by atoms with van der Waals surface area (Å²) in [5.74, 6) is 0.00512. The first kappa shape index (κ1) is 20.4. The van der Waals surface area contributed by atoms with E-state index in [-0.39, 0.29) is 11.1 Å². The molecule has 1 unspecified atom stereocenters. The molecule has 2 aromatic rings. The number of ether oxygens (including phenoxy) is 1. The molecule has 0 saturated carbocycles. The molecule has 2 amide bonds. The van der Waals surface area contributed by atoms with Crippen molar-refractivity contribution < 1.29 is 14.3 Å². The molecule has 0 radical (unpaired) electrons. The standard InChI is InChI=1S/C18H18Cl2N2O3S/c1-11(25-15-9-8-12(19)10-13(15)20)17(23)21-14-6-4-5-7-16(14)26-18(24)22(2)3/h4-11H,1-3H3,(H,21,23). The molecule has 1 N–H and O–H groups in total. The minimum atomic E-state index is -0.795. The van der Waals surface area contributed by atoms with Crippen LogP contribution < -0.4 is 10.1 Å². The van der Waals surface area contributed by atoms with Crippen LogP contribution in [-0.4, -0.2) is 36.2 Å². The van der Waals surface area contributed by atoms with Gasteiger partial charge in [0.1, 0.15) is 5.75 Å². The highest BCUT2D eigenvalue weighted by atomic mass is 35.5. The van der Waals surface area contributed by atoms with E-state index in [1.165, 1.54) is 4.90 Å². The summed E-state index contributed by atoms with van der Waals surface area (Å²) in [5, 5.41) is 3.45. The molecule has 0 heterocycles. The SMILES string of the molecule is CC(Oc1ccc(Cl)cc1Cl)C(=O)Nc1ccccc1SC(=O)N(C)C. The zero-order chi connectivity index (χ0) is 19.3. The number of carbonyl (C=O) groups is 2. The van der Waals surface area contributed by atoms with Gasteiger partial charge < -0.3 is 15.0 Å². The van der Waals surface area contributed by atoms with E-state index in [0.29, 0.717) is 26.4 Å². The molecule has 0 saturated heterocycles. The molecule has 0 fully saturated rings. The highest BCUT2D eigenvalue weighted by Gasteiger charge is 2.19. The van der Waals surface area contributed by atoms with Crippen LogP contribution in [0.25, 0.3) is 0 Å². The molecular formula is C18H18Cl2N2O3S. The third kappa shape index (κ3) is 5.56. The summed E-state index contributed by atoms with van der Waals surface area (Å²) >= 11 is 13.0. The van der Waals surface area contributed by atoms with Crippen molar-refractivity contribution in [3.05, 3.63) is 52.5 Å². The van der Waals surface area contributed by atoms with Crippen molar-refractivity contribution >= 4 is 51.8 Å². The van der Waals surface area contributed by atoms with E-state index in [9.17, 15) is 9.59 Å². The van der Waals surface area contributed by atoms with Crippen molar-refractivity contribution in [3.63, 3.8) is 0 Å². The number of anilines is 1. The van der Waals surface area contributed by atoms with Gasteiger partial charge in [-0.3, -0.25) is 9.59 Å². The minimum Gasteiger partial charge on any atom is -0.479 e. The van der Waals surface area contributed by atoms with Crippen LogP contribution in [-0.2, 0) is 4.79 Å². The number of nitrogens with one attached hydrogen (secondary N) is 1. The fourth-order valence-corrected chi connectivity index (χ4v) is 3.09. The average molecular weight is 413 g/mol. The van der Waals surface area contributed by atoms with Gasteiger partial charge in [0.2, 0.25) is 0 Å². The Morgan fingerprint density at radius 1 is 1.15 bits per heavy atom. The summed E-state index contributed by atoms with van der Waals surface area (Å²) in [7, 11) is 3.34. The molecule has 0 aromatic heterocycles. The summed E-state index contributed by atoms with van der Waals surface area (Å²) in [6.07, 6.45) is -0.795. The first-order valence-electron chi connectivity index (χ1n) is 7.68. The molecule has 8 heteroatoms. The van der Waals surface area contributed by atoms with Gasteiger partial charge >= 0.3 is 0 Å². The second-order valence-electron chi connectivity index (χ2n) is 5.58. The van der Waals surface area contributed by atoms with Gasteiger partial charge in [-0.2, -0.15) is 0 Å². The summed E-state index contributed by atoms with van der Waals surface area (Å²) in [6.45, 7) is 1.61. The van der Waals surface area contributed by atoms with Gasteiger partial charge in [-0.1, -0.05) is 35.3 Å². The second-order valence-corrected chi connectivity index (χ2v) is 7.42. The Labute approximate surface area is 166 Å². The summed E-state index contributed by atoms with van der Waals surface area (Å²) < 4.78 is 5.61. The molecule has 26 heavy (non-hydrogen) atoms. The van der Waals surface area contributed by atoms with Crippen molar-refractivity contribution in [2.24, 2.45) is 0 Å². The second kappa shape index (κ2) is 9.16. The molecule has 5 nitrogen and oxygen atoms in total. The van der Waals surface area contributed by atoms with Gasteiger partial charge in [0.05, 0.1) is 10.7 Å². The van der Waals surface area contributed by atoms with E-state index in [0.717, 1.165) is 11.8 Å². The van der Waals surface area contributed by atoms with Crippen LogP contribution in [0.15, 0.2) is 47.4 Å². The summed E-state index contributed by atoms with van der Waals surface area (Å²) in [4.78, 5) is 26.5. The number of para-hydroxylation sites is 1. The molecule has 0 aliphatic carbocycles. The number of hydrogen-bond acceptors (Lipinski definition) is 4. The van der Waals surface area contributed by atoms with Crippen LogP contribution in [0, 0.1) is 0 Å². The summed E-state index contributed by atoms with van der Waals surface area (Å²) in [6, 6.07) is 11.9. The zero-order valence-electron chi connectivity index (χ0n) is 14.5. The third-order valence-corrected chi connectivity index (χ3v) is 4.92. The van der Waals surface area contributed by atoms with Crippen molar-refractivity contribution in [1.29, 1.82) is 0 Å². The number of nitrogens with zero attached hydrogens (tertiary/aromatic N) is 1. The minimum absolute atomic E-state index is 0.135. The smallest absolute Gasteiger partial charge is 0.286 e. The quantitative estimate of drug-likeness (QED) is 0.687. The predicted octanol–water partition coefficient (Wildman–Crippen LogP) is 5.17. The number of hydrogen-bond donors (Lipinski definition) is 1. The number of carbonyl (C=O) groups excluding carboxylic acids is 2. The number of rotatable bonds is 5. The van der Waals surface area contributed by atoms with Gasteiger partial charge in [-0.15, -0.1) is 0 Å². The lowest BCUT2D eigenvalue weighted by Gasteiger charge is -2.17. The van der Waals surface area contributed by atoms with Gasteiger partial charge in [0.15, 0.2) is 6.10 Å². The molecule has 138 valence electrons. The van der Waals surface area contributed by atoms with Gasteiger partial charge in [0.25, 0.3) is 11.1 Å². The number of benzene rings is 2. The lowest BCUT2D eigenvalue weighted by molar-refractivity contribution is -0.122. The highest BCUT2D eigenvalue weighted by Crippen LogP contribution is 2.30. The molecular weight excluding hydrogens is 395 g/mol. The van der Waals surface area contributed by atoms with E-state index in [1.807, 2.05) is 0 Å². The van der Waals surface area contributed by atoms with Gasteiger partial charge in [-0.05, 0) is 49.0 Å². The Morgan fingerprint density at radius 2 is 1.85 bits per heavy atom. The van der Waals surface area contributed by atoms with E-state index in [1.54, 1.807) is 63.5 Å². The topological polar surface area (TPSA) is 58.6 Å². The monoisotopic (exact) mass is 412 g/mol. The highest BCUT2D eigenvalue weighted by molar-refractivity contribution is 8.13. The third-order valence-electron chi connectivity index (χ3n) is 3.27. The normalized spacial score (nSPS) is 11.6. The Balaban J connectivity index is 2.08. The summed E-state index contributed by atoms with van der Waals surface area (Å²) in [5.41, 5.74) is 0.537. The number of halogens is 2. The van der Waals surface area contributed by atoms with Crippen LogP contribution in [0.4, 0.5) is 10.5 Å². The van der Waals surface area contributed by atoms with Crippen molar-refractivity contribution in [3.8, 4) is 5.75 Å². The first-order chi connectivity index (χ1) is 12.3. The molecule has 2 aromatic carbocycles. The Hall–Kier alpha value is -1.89. The van der Waals surface area contributed by atoms with Crippen molar-refractivity contribution in [1.82, 2.24) is 4.90 Å². The lowest BCUT2D eigenvalue weighted by atomic mass is 10.3. The molecule has 0 aliphatic heterocycles. The van der Waals surface area contributed by atoms with Crippen LogP contribution in [0.3, 0.4) is 0 Å². The van der Waals surface area contributed by atoms with Crippen LogP contribution in [0.1, 0.15) is 6.92 Å². The molecule has 2 rings (SSSR count). The van der Waals surface area contributed by atoms with Crippen LogP contribution in [0.2, 0.25) is 10.0 Å². The zero-order valence-corrected chi connectivity index (χ0v) is 16.8. The van der Waals surface area contributed by atoms with Gasteiger partial charge in [-0.25, -0.2) is 0 Å². The first-order valence-corrected chi connectivity index (χ1v) is 9.26. The molecule has 1 atom stereocenters. The van der Waals surface area contributed by atoms with E-state index < -0.39 is 6.10 Å². The maximum Gasteiger partial charge on any atom is 0.286 e. The van der Waals surface area contributed by atoms with E-state index >= 15 is 0 Å². The largest absolute Gasteiger partial charge is 0.479 e. The Kier molecular flexibility index (Phi) is 7.20.